The Balaban J connectivity index is 1.44. The smallest absolute Gasteiger partial charge is 0.251 e. The third-order valence-electron chi connectivity index (χ3n) is 4.69. The van der Waals surface area contributed by atoms with E-state index in [-0.39, 0.29) is 5.91 Å². The van der Waals surface area contributed by atoms with Gasteiger partial charge in [-0.15, -0.1) is 0 Å². The van der Waals surface area contributed by atoms with Crippen LogP contribution in [0.5, 0.6) is 5.88 Å². The molecule has 26 heavy (non-hydrogen) atoms. The van der Waals surface area contributed by atoms with E-state index in [2.05, 4.69) is 10.3 Å². The van der Waals surface area contributed by atoms with Crippen LogP contribution in [0.3, 0.4) is 0 Å². The first-order valence-electron chi connectivity index (χ1n) is 9.26. The Hall–Kier alpha value is -2.40. The van der Waals surface area contributed by atoms with Crippen LogP contribution in [0, 0.1) is 0 Å². The number of ether oxygens (including phenoxy) is 2. The van der Waals surface area contributed by atoms with Crippen LogP contribution in [0.4, 0.5) is 0 Å². The normalized spacial score (nSPS) is 16.4. The molecule has 1 aliphatic rings. The van der Waals surface area contributed by atoms with Gasteiger partial charge in [-0.3, -0.25) is 4.79 Å². The molecule has 0 unspecified atom stereocenters. The second-order valence-corrected chi connectivity index (χ2v) is 6.55. The van der Waals surface area contributed by atoms with Gasteiger partial charge in [0.2, 0.25) is 5.88 Å². The van der Waals surface area contributed by atoms with Crippen LogP contribution < -0.4 is 10.1 Å². The maximum atomic E-state index is 12.2. The molecule has 0 spiro atoms. The fourth-order valence-corrected chi connectivity index (χ4v) is 3.16. The summed E-state index contributed by atoms with van der Waals surface area (Å²) in [5, 5.41) is 2.99. The monoisotopic (exact) mass is 354 g/mol. The van der Waals surface area contributed by atoms with Crippen molar-refractivity contribution in [3.05, 3.63) is 48.2 Å². The first kappa shape index (κ1) is 18.4. The van der Waals surface area contributed by atoms with Crippen molar-refractivity contribution < 1.29 is 14.3 Å². The Morgan fingerprint density at radius 2 is 2.00 bits per heavy atom. The Kier molecular flexibility index (Phi) is 6.61. The molecule has 0 saturated carbocycles. The fourth-order valence-electron chi connectivity index (χ4n) is 3.16. The van der Waals surface area contributed by atoms with Gasteiger partial charge in [0.15, 0.2) is 0 Å². The largest absolute Gasteiger partial charge is 0.481 e. The van der Waals surface area contributed by atoms with Crippen molar-refractivity contribution in [1.82, 2.24) is 10.3 Å². The second-order valence-electron chi connectivity index (χ2n) is 6.55. The Bertz CT molecular complexity index is 692. The number of hydrogen-bond donors (Lipinski definition) is 1. The van der Waals surface area contributed by atoms with Crippen molar-refractivity contribution in [2.24, 2.45) is 0 Å². The zero-order chi connectivity index (χ0) is 18.2. The van der Waals surface area contributed by atoms with Gasteiger partial charge >= 0.3 is 0 Å². The molecule has 1 aliphatic heterocycles. The summed E-state index contributed by atoms with van der Waals surface area (Å²) >= 11 is 0. The highest BCUT2D eigenvalue weighted by Gasteiger charge is 2.14. The predicted octanol–water partition coefficient (Wildman–Crippen LogP) is 3.84. The van der Waals surface area contributed by atoms with E-state index in [4.69, 9.17) is 9.47 Å². The van der Waals surface area contributed by atoms with Gasteiger partial charge in [0.05, 0.1) is 13.2 Å². The lowest BCUT2D eigenvalue weighted by Crippen LogP contribution is -2.24. The van der Waals surface area contributed by atoms with Crippen LogP contribution >= 0.6 is 0 Å². The lowest BCUT2D eigenvalue weighted by molar-refractivity contribution is 0.0947. The maximum absolute atomic E-state index is 12.2. The summed E-state index contributed by atoms with van der Waals surface area (Å²) in [6.07, 6.45) is 7.75. The number of unbranched alkanes of at least 4 members (excludes halogenated alkanes) is 1. The van der Waals surface area contributed by atoms with Gasteiger partial charge in [0.1, 0.15) is 0 Å². The molecule has 1 atom stereocenters. The molecule has 138 valence electrons. The molecule has 1 fully saturated rings. The molecule has 0 bridgehead atoms. The zero-order valence-electron chi connectivity index (χ0n) is 15.2. The van der Waals surface area contributed by atoms with E-state index in [1.165, 1.54) is 12.8 Å². The molecule has 1 aromatic heterocycles. The molecule has 1 saturated heterocycles. The van der Waals surface area contributed by atoms with Crippen LogP contribution in [0.25, 0.3) is 11.1 Å². The third-order valence-corrected chi connectivity index (χ3v) is 4.69. The highest BCUT2D eigenvalue weighted by Crippen LogP contribution is 2.21. The topological polar surface area (TPSA) is 60.5 Å². The third kappa shape index (κ3) is 5.05. The van der Waals surface area contributed by atoms with Crippen LogP contribution in [-0.4, -0.2) is 37.3 Å². The van der Waals surface area contributed by atoms with Gasteiger partial charge < -0.3 is 14.8 Å². The maximum Gasteiger partial charge on any atom is 0.251 e. The molecule has 3 rings (SSSR count). The lowest BCUT2D eigenvalue weighted by atomic mass is 10.1. The van der Waals surface area contributed by atoms with Crippen LogP contribution in [0.1, 0.15) is 42.5 Å². The Morgan fingerprint density at radius 3 is 2.65 bits per heavy atom. The van der Waals surface area contributed by atoms with Gasteiger partial charge in [-0.05, 0) is 55.9 Å². The number of nitrogens with one attached hydrogen (secondary N) is 1. The lowest BCUT2D eigenvalue weighted by Gasteiger charge is -2.09. The van der Waals surface area contributed by atoms with E-state index in [9.17, 15) is 4.79 Å². The van der Waals surface area contributed by atoms with Gasteiger partial charge in [0, 0.05) is 36.5 Å². The van der Waals surface area contributed by atoms with Gasteiger partial charge in [-0.25, -0.2) is 4.98 Å². The summed E-state index contributed by atoms with van der Waals surface area (Å²) in [4.78, 5) is 16.4. The molecule has 0 radical (unpaired) electrons. The van der Waals surface area contributed by atoms with Crippen molar-refractivity contribution in [2.45, 2.75) is 38.2 Å². The van der Waals surface area contributed by atoms with E-state index < -0.39 is 0 Å². The molecule has 2 aromatic rings. The first-order valence-corrected chi connectivity index (χ1v) is 9.26. The van der Waals surface area contributed by atoms with E-state index in [0.29, 0.717) is 24.1 Å². The first-order chi connectivity index (χ1) is 12.8. The minimum Gasteiger partial charge on any atom is -0.481 e. The highest BCUT2D eigenvalue weighted by molar-refractivity contribution is 5.94. The van der Waals surface area contributed by atoms with Crippen molar-refractivity contribution in [2.75, 3.05) is 20.3 Å². The summed E-state index contributed by atoms with van der Waals surface area (Å²) in [5.41, 5.74) is 2.69. The van der Waals surface area contributed by atoms with Crippen LogP contribution in [0.15, 0.2) is 42.6 Å². The Morgan fingerprint density at radius 1 is 1.19 bits per heavy atom. The van der Waals surface area contributed by atoms with Crippen molar-refractivity contribution in [1.29, 1.82) is 0 Å². The summed E-state index contributed by atoms with van der Waals surface area (Å²) in [7, 11) is 1.60. The molecule has 5 heteroatoms. The average Bonchev–Trinajstić information content (AvgIpc) is 3.21. The van der Waals surface area contributed by atoms with Crippen LogP contribution in [-0.2, 0) is 4.74 Å². The van der Waals surface area contributed by atoms with Crippen LogP contribution in [0.2, 0.25) is 0 Å². The SMILES string of the molecule is COc1ccc(-c2ccc(C(=O)NCCCC[C@H]3CCCO3)cc2)cn1. The summed E-state index contributed by atoms with van der Waals surface area (Å²) < 4.78 is 10.7. The molecule has 1 N–H and O–H groups in total. The van der Waals surface area contributed by atoms with E-state index >= 15 is 0 Å². The molecule has 1 aromatic carbocycles. The number of carbonyl (C=O) groups excluding carboxylic acids is 1. The van der Waals surface area contributed by atoms with E-state index in [1.54, 1.807) is 13.3 Å². The fraction of sp³-hybridized carbons (Fsp3) is 0.429. The van der Waals surface area contributed by atoms with Gasteiger partial charge in [-0.2, -0.15) is 0 Å². The predicted molar refractivity (Wildman–Crippen MR) is 101 cm³/mol. The summed E-state index contributed by atoms with van der Waals surface area (Å²) in [6.45, 7) is 1.61. The zero-order valence-corrected chi connectivity index (χ0v) is 15.2. The van der Waals surface area contributed by atoms with Gasteiger partial charge in [0.25, 0.3) is 5.91 Å². The highest BCUT2D eigenvalue weighted by atomic mass is 16.5. The molecule has 1 amide bonds. The van der Waals surface area contributed by atoms with E-state index in [1.807, 2.05) is 36.4 Å². The minimum atomic E-state index is -0.0264. The van der Waals surface area contributed by atoms with Crippen molar-refractivity contribution in [3.8, 4) is 17.0 Å². The quantitative estimate of drug-likeness (QED) is 0.732. The second kappa shape index (κ2) is 9.34. The molecular formula is C21H26N2O3. The summed E-state index contributed by atoms with van der Waals surface area (Å²) in [6, 6.07) is 11.4. The number of benzene rings is 1. The number of carbonyl (C=O) groups is 1. The van der Waals surface area contributed by atoms with Gasteiger partial charge in [-0.1, -0.05) is 12.1 Å². The molecule has 0 aliphatic carbocycles. The number of nitrogens with zero attached hydrogens (tertiary/aromatic N) is 1. The van der Waals surface area contributed by atoms with Crippen molar-refractivity contribution in [3.63, 3.8) is 0 Å². The van der Waals surface area contributed by atoms with Crippen molar-refractivity contribution >= 4 is 5.91 Å². The number of amides is 1. The number of rotatable bonds is 8. The number of hydrogen-bond acceptors (Lipinski definition) is 4. The number of aromatic nitrogens is 1. The summed E-state index contributed by atoms with van der Waals surface area (Å²) in [5.74, 6) is 0.561. The molecule has 5 nitrogen and oxygen atoms in total. The average molecular weight is 354 g/mol. The molecular weight excluding hydrogens is 328 g/mol. The number of pyridine rings is 1. The van der Waals surface area contributed by atoms with E-state index in [0.717, 1.165) is 37.0 Å². The number of methoxy groups -OCH3 is 1. The standard InChI is InChI=1S/C21H26N2O3/c1-25-20-12-11-18(15-23-20)16-7-9-17(10-8-16)21(24)22-13-3-2-5-19-6-4-14-26-19/h7-12,15,19H,2-6,13-14H2,1H3,(H,22,24)/t19-/m0/s1. The molecule has 2 heterocycles. The minimum absolute atomic E-state index is 0.0264. The Labute approximate surface area is 154 Å².